The first-order valence-corrected chi connectivity index (χ1v) is 6.32. The first kappa shape index (κ1) is 13.9. The van der Waals surface area contributed by atoms with Crippen molar-refractivity contribution >= 4 is 10.0 Å². The molecule has 1 aromatic heterocycles. The minimum absolute atomic E-state index is 0.117. The van der Waals surface area contributed by atoms with Crippen molar-refractivity contribution in [1.82, 2.24) is 19.9 Å². The number of halogens is 3. The van der Waals surface area contributed by atoms with E-state index in [1.54, 1.807) is 0 Å². The highest BCUT2D eigenvalue weighted by atomic mass is 32.2. The molecule has 0 aromatic carbocycles. The maximum Gasteiger partial charge on any atom is 0.389 e. The molecule has 0 unspecified atom stereocenters. The molecule has 0 amide bonds. The Balaban J connectivity index is 2.31. The summed E-state index contributed by atoms with van der Waals surface area (Å²) in [5, 5.41) is 5.92. The lowest BCUT2D eigenvalue weighted by atomic mass is 10.3. The van der Waals surface area contributed by atoms with Crippen LogP contribution in [0, 0.1) is 0 Å². The molecule has 0 spiro atoms. The van der Waals surface area contributed by atoms with E-state index in [0.717, 1.165) is 0 Å². The maximum absolute atomic E-state index is 11.8. The van der Waals surface area contributed by atoms with Crippen molar-refractivity contribution in [3.63, 3.8) is 0 Å². The number of H-pyrrole nitrogens is 1. The van der Waals surface area contributed by atoms with Gasteiger partial charge in [-0.05, 0) is 6.42 Å². The molecule has 0 saturated heterocycles. The molecule has 98 valence electrons. The van der Waals surface area contributed by atoms with E-state index in [-0.39, 0.29) is 6.54 Å². The third-order valence-corrected chi connectivity index (χ3v) is 3.21. The lowest BCUT2D eigenvalue weighted by Crippen LogP contribution is -2.27. The van der Waals surface area contributed by atoms with Crippen LogP contribution in [0.25, 0.3) is 0 Å². The average Bonchev–Trinajstić information content (AvgIpc) is 2.64. The van der Waals surface area contributed by atoms with Gasteiger partial charge in [-0.3, -0.25) is 5.10 Å². The monoisotopic (exact) mass is 272 g/mol. The number of hydrogen-bond donors (Lipinski definition) is 2. The van der Waals surface area contributed by atoms with E-state index in [9.17, 15) is 21.6 Å². The van der Waals surface area contributed by atoms with E-state index in [0.29, 0.717) is 5.82 Å². The number of nitrogens with one attached hydrogen (secondary N) is 2. The standard InChI is InChI=1S/C7H11F3N4O2S/c8-7(9,10)2-1-3-17(15,16)13-4-6-11-5-12-14-6/h5,13H,1-4H2,(H,11,12,14). The zero-order valence-corrected chi connectivity index (χ0v) is 9.48. The first-order valence-electron chi connectivity index (χ1n) is 4.67. The molecule has 0 aliphatic heterocycles. The second-order valence-electron chi connectivity index (χ2n) is 3.29. The lowest BCUT2D eigenvalue weighted by Gasteiger charge is -2.07. The molecule has 1 aromatic rings. The highest BCUT2D eigenvalue weighted by molar-refractivity contribution is 7.89. The van der Waals surface area contributed by atoms with Crippen LogP contribution in [-0.2, 0) is 16.6 Å². The van der Waals surface area contributed by atoms with Crippen LogP contribution in [0.1, 0.15) is 18.7 Å². The minimum Gasteiger partial charge on any atom is -0.262 e. The van der Waals surface area contributed by atoms with Gasteiger partial charge in [-0.2, -0.15) is 18.3 Å². The number of hydrogen-bond acceptors (Lipinski definition) is 4. The predicted octanol–water partition coefficient (Wildman–Crippen LogP) is 0.567. The van der Waals surface area contributed by atoms with Crippen molar-refractivity contribution in [2.75, 3.05) is 5.75 Å². The van der Waals surface area contributed by atoms with Gasteiger partial charge in [-0.15, -0.1) is 0 Å². The Kier molecular flexibility index (Phi) is 4.46. The van der Waals surface area contributed by atoms with Gasteiger partial charge >= 0.3 is 6.18 Å². The quantitative estimate of drug-likeness (QED) is 0.792. The fraction of sp³-hybridized carbons (Fsp3) is 0.714. The van der Waals surface area contributed by atoms with Crippen molar-refractivity contribution in [2.24, 2.45) is 0 Å². The Bertz CT molecular complexity index is 428. The van der Waals surface area contributed by atoms with Crippen LogP contribution >= 0.6 is 0 Å². The Hall–Kier alpha value is -1.16. The summed E-state index contributed by atoms with van der Waals surface area (Å²) in [5.41, 5.74) is 0. The molecule has 1 rings (SSSR count). The Labute approximate surface area is 95.7 Å². The van der Waals surface area contributed by atoms with Crippen molar-refractivity contribution < 1.29 is 21.6 Å². The molecule has 2 N–H and O–H groups in total. The number of alkyl halides is 3. The summed E-state index contributed by atoms with van der Waals surface area (Å²) in [6, 6.07) is 0. The number of aromatic nitrogens is 3. The Morgan fingerprint density at radius 1 is 1.41 bits per heavy atom. The van der Waals surface area contributed by atoms with Crippen LogP contribution in [0.5, 0.6) is 0 Å². The molecule has 0 saturated carbocycles. The molecule has 10 heteroatoms. The van der Waals surface area contributed by atoms with Gasteiger partial charge < -0.3 is 0 Å². The third-order valence-electron chi connectivity index (χ3n) is 1.80. The van der Waals surface area contributed by atoms with E-state index >= 15 is 0 Å². The molecule has 6 nitrogen and oxygen atoms in total. The van der Waals surface area contributed by atoms with Crippen molar-refractivity contribution in [3.8, 4) is 0 Å². The second kappa shape index (κ2) is 5.45. The van der Waals surface area contributed by atoms with Crippen LogP contribution in [0.3, 0.4) is 0 Å². The summed E-state index contributed by atoms with van der Waals surface area (Å²) in [6.45, 7) is -0.117. The topological polar surface area (TPSA) is 87.7 Å². The molecule has 0 radical (unpaired) electrons. The van der Waals surface area contributed by atoms with Crippen molar-refractivity contribution in [3.05, 3.63) is 12.2 Å². The summed E-state index contributed by atoms with van der Waals surface area (Å²) in [7, 11) is -3.72. The van der Waals surface area contributed by atoms with Gasteiger partial charge in [0.15, 0.2) is 0 Å². The molecule has 0 aliphatic rings. The van der Waals surface area contributed by atoms with Gasteiger partial charge in [-0.1, -0.05) is 0 Å². The van der Waals surface area contributed by atoms with Gasteiger partial charge in [0, 0.05) is 6.42 Å². The number of nitrogens with zero attached hydrogens (tertiary/aromatic N) is 2. The molecule has 17 heavy (non-hydrogen) atoms. The summed E-state index contributed by atoms with van der Waals surface area (Å²) in [6.07, 6.45) is -4.71. The van der Waals surface area contributed by atoms with Crippen LogP contribution in [0.4, 0.5) is 13.2 Å². The van der Waals surface area contributed by atoms with Gasteiger partial charge in [0.05, 0.1) is 12.3 Å². The number of sulfonamides is 1. The van der Waals surface area contributed by atoms with E-state index in [1.807, 2.05) is 0 Å². The van der Waals surface area contributed by atoms with Gasteiger partial charge in [0.25, 0.3) is 0 Å². The maximum atomic E-state index is 11.8. The minimum atomic E-state index is -4.33. The summed E-state index contributed by atoms with van der Waals surface area (Å²) >= 11 is 0. The van der Waals surface area contributed by atoms with Crippen LogP contribution in [0.15, 0.2) is 6.33 Å². The van der Waals surface area contributed by atoms with E-state index < -0.39 is 34.8 Å². The van der Waals surface area contributed by atoms with E-state index in [2.05, 4.69) is 19.9 Å². The molecule has 0 atom stereocenters. The van der Waals surface area contributed by atoms with Crippen molar-refractivity contribution in [1.29, 1.82) is 0 Å². The fourth-order valence-electron chi connectivity index (χ4n) is 1.03. The van der Waals surface area contributed by atoms with Crippen LogP contribution < -0.4 is 4.72 Å². The molecule has 0 fully saturated rings. The highest BCUT2D eigenvalue weighted by Gasteiger charge is 2.27. The number of aromatic amines is 1. The summed E-state index contributed by atoms with van der Waals surface area (Å²) in [5.74, 6) is -0.273. The smallest absolute Gasteiger partial charge is 0.262 e. The molecular formula is C7H11F3N4O2S. The first-order chi connectivity index (χ1) is 7.79. The largest absolute Gasteiger partial charge is 0.389 e. The zero-order chi connectivity index (χ0) is 12.9. The Morgan fingerprint density at radius 2 is 2.12 bits per heavy atom. The molecular weight excluding hydrogens is 261 g/mol. The SMILES string of the molecule is O=S(=O)(CCCC(F)(F)F)NCc1ncn[nH]1. The average molecular weight is 272 g/mol. The summed E-state index contributed by atoms with van der Waals surface area (Å²) in [4.78, 5) is 3.67. The fourth-order valence-corrected chi connectivity index (χ4v) is 2.05. The molecule has 0 bridgehead atoms. The molecule has 0 aliphatic carbocycles. The lowest BCUT2D eigenvalue weighted by molar-refractivity contribution is -0.134. The van der Waals surface area contributed by atoms with Crippen LogP contribution in [0.2, 0.25) is 0 Å². The van der Waals surface area contributed by atoms with Crippen molar-refractivity contribution in [2.45, 2.75) is 25.6 Å². The zero-order valence-electron chi connectivity index (χ0n) is 8.66. The van der Waals surface area contributed by atoms with E-state index in [4.69, 9.17) is 0 Å². The van der Waals surface area contributed by atoms with Gasteiger partial charge in [0.2, 0.25) is 10.0 Å². The number of rotatable bonds is 6. The van der Waals surface area contributed by atoms with Crippen LogP contribution in [-0.4, -0.2) is 35.5 Å². The van der Waals surface area contributed by atoms with Gasteiger partial charge in [0.1, 0.15) is 12.2 Å². The summed E-state index contributed by atoms with van der Waals surface area (Å²) < 4.78 is 60.1. The normalized spacial score (nSPS) is 12.9. The molecule has 1 heterocycles. The highest BCUT2D eigenvalue weighted by Crippen LogP contribution is 2.21. The Morgan fingerprint density at radius 3 is 2.65 bits per heavy atom. The van der Waals surface area contributed by atoms with Gasteiger partial charge in [-0.25, -0.2) is 18.1 Å². The third kappa shape index (κ3) is 6.22. The second-order valence-corrected chi connectivity index (χ2v) is 5.22. The van der Waals surface area contributed by atoms with E-state index in [1.165, 1.54) is 6.33 Å². The predicted molar refractivity (Wildman–Crippen MR) is 52.3 cm³/mol.